The maximum atomic E-state index is 12.0. The van der Waals surface area contributed by atoms with Crippen LogP contribution < -0.4 is 0 Å². The van der Waals surface area contributed by atoms with Crippen molar-refractivity contribution >= 4 is 21.8 Å². The van der Waals surface area contributed by atoms with Gasteiger partial charge in [0.1, 0.15) is 0 Å². The van der Waals surface area contributed by atoms with E-state index in [0.717, 1.165) is 0 Å². The van der Waals surface area contributed by atoms with Crippen molar-refractivity contribution in [2.24, 2.45) is 11.3 Å². The normalized spacial score (nSPS) is 24.6. The molecule has 8 heteroatoms. The van der Waals surface area contributed by atoms with E-state index >= 15 is 0 Å². The molecule has 1 heterocycles. The molecule has 2 atom stereocenters. The zero-order chi connectivity index (χ0) is 14.7. The van der Waals surface area contributed by atoms with Gasteiger partial charge in [-0.2, -0.15) is 0 Å². The lowest BCUT2D eigenvalue weighted by molar-refractivity contribution is -0.174. The molecule has 1 rings (SSSR count). The van der Waals surface area contributed by atoms with Gasteiger partial charge >= 0.3 is 11.9 Å². The van der Waals surface area contributed by atoms with Crippen LogP contribution in [0.4, 0.5) is 0 Å². The molecule has 0 amide bonds. The summed E-state index contributed by atoms with van der Waals surface area (Å²) in [6, 6.07) is 0. The van der Waals surface area contributed by atoms with Crippen molar-refractivity contribution in [3.8, 4) is 0 Å². The summed E-state index contributed by atoms with van der Waals surface area (Å²) in [6.07, 6.45) is -0.255. The van der Waals surface area contributed by atoms with Gasteiger partial charge in [0.25, 0.3) is 0 Å². The Morgan fingerprint density at radius 2 is 2.05 bits per heavy atom. The van der Waals surface area contributed by atoms with E-state index in [1.807, 2.05) is 0 Å². The number of carbonyl (C=O) groups excluding carboxylic acids is 1. The molecule has 0 saturated carbocycles. The maximum absolute atomic E-state index is 12.0. The van der Waals surface area contributed by atoms with E-state index in [4.69, 9.17) is 9.84 Å². The highest BCUT2D eigenvalue weighted by molar-refractivity contribution is 7.91. The van der Waals surface area contributed by atoms with Crippen LogP contribution in [0.5, 0.6) is 0 Å². The first-order chi connectivity index (χ1) is 8.80. The molecule has 0 radical (unpaired) electrons. The number of carboxylic acid groups (broad SMARTS) is 1. The predicted molar refractivity (Wildman–Crippen MR) is 65.2 cm³/mol. The monoisotopic (exact) mass is 294 g/mol. The molecular weight excluding hydrogens is 276 g/mol. The minimum Gasteiger partial charge on any atom is -0.480 e. The van der Waals surface area contributed by atoms with Crippen molar-refractivity contribution in [2.45, 2.75) is 19.8 Å². The first-order valence-electron chi connectivity index (χ1n) is 6.02. The molecule has 2 unspecified atom stereocenters. The second-order valence-corrected chi connectivity index (χ2v) is 6.80. The molecule has 110 valence electrons. The molecular formula is C11H18O7S. The van der Waals surface area contributed by atoms with Gasteiger partial charge in [0.05, 0.1) is 18.1 Å². The Morgan fingerprint density at radius 3 is 2.42 bits per heavy atom. The molecule has 1 saturated heterocycles. The highest BCUT2D eigenvalue weighted by Crippen LogP contribution is 2.40. The average Bonchev–Trinajstić information content (AvgIpc) is 2.66. The molecule has 1 aliphatic rings. The molecule has 7 nitrogen and oxygen atoms in total. The molecule has 0 aromatic carbocycles. The highest BCUT2D eigenvalue weighted by Gasteiger charge is 2.56. The molecule has 0 spiro atoms. The predicted octanol–water partition coefficient (Wildman–Crippen LogP) is -0.562. The molecule has 0 aromatic heterocycles. The van der Waals surface area contributed by atoms with Crippen LogP contribution in [-0.2, 0) is 24.2 Å². The molecule has 19 heavy (non-hydrogen) atoms. The summed E-state index contributed by atoms with van der Waals surface area (Å²) in [5.74, 6) is -3.78. The minimum atomic E-state index is -3.33. The number of esters is 1. The summed E-state index contributed by atoms with van der Waals surface area (Å²) in [7, 11) is -3.33. The van der Waals surface area contributed by atoms with Crippen LogP contribution in [0.1, 0.15) is 19.8 Å². The number of carbonyl (C=O) groups is 2. The fourth-order valence-corrected chi connectivity index (χ4v) is 4.34. The molecule has 0 bridgehead atoms. The van der Waals surface area contributed by atoms with Gasteiger partial charge in [-0.1, -0.05) is 0 Å². The lowest BCUT2D eigenvalue weighted by Crippen LogP contribution is -2.48. The standard InChI is InChI=1S/C11H18O7S/c1-2-18-10(15)11(4-5-12,9(13)14)8-3-6-19(16,17)7-8/h8,12H,2-7H2,1H3,(H,13,14). The van der Waals surface area contributed by atoms with Crippen LogP contribution >= 0.6 is 0 Å². The van der Waals surface area contributed by atoms with Crippen molar-refractivity contribution in [1.29, 1.82) is 0 Å². The highest BCUT2D eigenvalue weighted by atomic mass is 32.2. The second kappa shape index (κ2) is 5.87. The Bertz CT molecular complexity index is 456. The lowest BCUT2D eigenvalue weighted by Gasteiger charge is -2.31. The van der Waals surface area contributed by atoms with Gasteiger partial charge in [0, 0.05) is 12.5 Å². The van der Waals surface area contributed by atoms with E-state index in [1.165, 1.54) is 6.92 Å². The summed E-state index contributed by atoms with van der Waals surface area (Å²) in [4.78, 5) is 23.5. The second-order valence-electron chi connectivity index (χ2n) is 4.57. The Morgan fingerprint density at radius 1 is 1.42 bits per heavy atom. The molecule has 1 aliphatic heterocycles. The number of ether oxygens (including phenoxy) is 1. The number of aliphatic hydroxyl groups is 1. The maximum Gasteiger partial charge on any atom is 0.323 e. The van der Waals surface area contributed by atoms with Gasteiger partial charge in [-0.25, -0.2) is 8.42 Å². The van der Waals surface area contributed by atoms with Crippen molar-refractivity contribution in [2.75, 3.05) is 24.7 Å². The first kappa shape index (κ1) is 15.9. The van der Waals surface area contributed by atoms with Crippen molar-refractivity contribution in [3.63, 3.8) is 0 Å². The van der Waals surface area contributed by atoms with Gasteiger partial charge in [-0.05, 0) is 19.8 Å². The van der Waals surface area contributed by atoms with Gasteiger partial charge in [-0.15, -0.1) is 0 Å². The van der Waals surface area contributed by atoms with Gasteiger partial charge in [0.2, 0.25) is 0 Å². The molecule has 0 aliphatic carbocycles. The van der Waals surface area contributed by atoms with Gasteiger partial charge in [0.15, 0.2) is 15.3 Å². The summed E-state index contributed by atoms with van der Waals surface area (Å²) >= 11 is 0. The number of hydrogen-bond donors (Lipinski definition) is 2. The van der Waals surface area contributed by atoms with Crippen LogP contribution in [0.15, 0.2) is 0 Å². The van der Waals surface area contributed by atoms with Crippen molar-refractivity contribution < 1.29 is 33.0 Å². The van der Waals surface area contributed by atoms with E-state index in [2.05, 4.69) is 0 Å². The van der Waals surface area contributed by atoms with Gasteiger partial charge in [-0.3, -0.25) is 9.59 Å². The van der Waals surface area contributed by atoms with Crippen molar-refractivity contribution in [1.82, 2.24) is 0 Å². The quantitative estimate of drug-likeness (QED) is 0.498. The zero-order valence-electron chi connectivity index (χ0n) is 10.7. The Hall–Kier alpha value is -1.15. The third-order valence-electron chi connectivity index (χ3n) is 3.46. The van der Waals surface area contributed by atoms with Crippen LogP contribution in [0.25, 0.3) is 0 Å². The van der Waals surface area contributed by atoms with E-state index in [1.54, 1.807) is 0 Å². The Kier molecular flexibility index (Phi) is 4.92. The average molecular weight is 294 g/mol. The smallest absolute Gasteiger partial charge is 0.323 e. The molecule has 1 fully saturated rings. The Balaban J connectivity index is 3.17. The lowest BCUT2D eigenvalue weighted by atomic mass is 9.72. The number of aliphatic carboxylic acids is 1. The Labute approximate surface area is 111 Å². The number of rotatable bonds is 6. The molecule has 0 aromatic rings. The van der Waals surface area contributed by atoms with E-state index in [-0.39, 0.29) is 31.0 Å². The number of carboxylic acids is 1. The first-order valence-corrected chi connectivity index (χ1v) is 7.84. The topological polar surface area (TPSA) is 118 Å². The summed E-state index contributed by atoms with van der Waals surface area (Å²) in [5, 5.41) is 18.4. The summed E-state index contributed by atoms with van der Waals surface area (Å²) in [5.41, 5.74) is -1.98. The molecule has 2 N–H and O–H groups in total. The van der Waals surface area contributed by atoms with Crippen LogP contribution in [0.2, 0.25) is 0 Å². The van der Waals surface area contributed by atoms with E-state index in [0.29, 0.717) is 0 Å². The fraction of sp³-hybridized carbons (Fsp3) is 0.818. The van der Waals surface area contributed by atoms with Crippen LogP contribution in [-0.4, -0.2) is 55.3 Å². The fourth-order valence-electron chi connectivity index (χ4n) is 2.46. The van der Waals surface area contributed by atoms with E-state index < -0.39 is 39.7 Å². The van der Waals surface area contributed by atoms with Crippen LogP contribution in [0.3, 0.4) is 0 Å². The van der Waals surface area contributed by atoms with Crippen LogP contribution in [0, 0.1) is 11.3 Å². The largest absolute Gasteiger partial charge is 0.480 e. The van der Waals surface area contributed by atoms with Gasteiger partial charge < -0.3 is 14.9 Å². The minimum absolute atomic E-state index is 0.00123. The van der Waals surface area contributed by atoms with Crippen molar-refractivity contribution in [3.05, 3.63) is 0 Å². The summed E-state index contributed by atoms with van der Waals surface area (Å²) < 4.78 is 27.8. The van der Waals surface area contributed by atoms with E-state index in [9.17, 15) is 23.1 Å². The SMILES string of the molecule is CCOC(=O)C(CCO)(C(=O)O)C1CCS(=O)(=O)C1. The third-order valence-corrected chi connectivity index (χ3v) is 5.22. The number of sulfone groups is 1. The third kappa shape index (κ3) is 3.06. The summed E-state index contributed by atoms with van der Waals surface area (Å²) in [6.45, 7) is 1.01. The number of hydrogen-bond acceptors (Lipinski definition) is 6. The number of aliphatic hydroxyl groups excluding tert-OH is 1. The zero-order valence-corrected chi connectivity index (χ0v) is 11.5.